The van der Waals surface area contributed by atoms with Crippen molar-refractivity contribution in [2.75, 3.05) is 51.6 Å². The normalized spacial score (nSPS) is 20.6. The molecule has 82 heavy (non-hydrogen) atoms. The average Bonchev–Trinajstić information content (AvgIpc) is 4.36. The number of carboxylic acid groups (broad SMARTS) is 1. The molecule has 0 spiro atoms. The number of carbonyl (C=O) groups is 11. The van der Waals surface area contributed by atoms with E-state index >= 15 is 0 Å². The number of nitrogens with zero attached hydrogens (tertiary/aromatic N) is 5. The molecule has 454 valence electrons. The maximum Gasteiger partial charge on any atom is 0.327 e. The molecule has 4 aliphatic heterocycles. The molecule has 1 aromatic carbocycles. The lowest BCUT2D eigenvalue weighted by Gasteiger charge is -2.33. The molecule has 4 fully saturated rings. The second-order valence-electron chi connectivity index (χ2n) is 21.2. The van der Waals surface area contributed by atoms with Crippen LogP contribution in [0.3, 0.4) is 0 Å². The maximum atomic E-state index is 14.3. The first-order chi connectivity index (χ1) is 39.3. The average molecular weight is 1170 g/mol. The van der Waals surface area contributed by atoms with Gasteiger partial charge in [0.25, 0.3) is 0 Å². The number of aliphatic hydroxyl groups is 1. The summed E-state index contributed by atoms with van der Waals surface area (Å²) >= 11 is 0.702. The zero-order valence-corrected chi connectivity index (χ0v) is 47.6. The number of aliphatic imine (C=N–C) groups is 1. The first kappa shape index (κ1) is 65.9. The molecule has 9 atom stereocenters. The molecule has 5 rings (SSSR count). The molecule has 1 aromatic rings. The lowest BCUT2D eigenvalue weighted by Crippen LogP contribution is -2.59. The molecular formula is C54H84N14O13S. The van der Waals surface area contributed by atoms with E-state index in [9.17, 15) is 63.0 Å². The number of rotatable bonds is 33. The van der Waals surface area contributed by atoms with E-state index in [1.54, 1.807) is 30.3 Å². The Kier molecular flexibility index (Phi) is 26.7. The highest BCUT2D eigenvalue weighted by molar-refractivity contribution is 7.98. The molecule has 0 radical (unpaired) electrons. The van der Waals surface area contributed by atoms with Gasteiger partial charge in [-0.25, -0.2) is 9.10 Å². The standard InChI is InChI=1S/C54H84N14O13S/c1-2-3-4-8-17-34-29-44(71)68(49(34)76)82-32-39(53(80)81)64-48(75)41-21-13-25-65(41)51(78)38(31-69)63-46(73)37(28-33-15-6-5-7-16-33)61-43(70)30-60-47(74)40-20-12-26-66(40)52(79)42-22-14-27-67(42)50(77)36(19-11-24-59-54(57)58)62-45(72)35(56)18-9-10-23-55/h5-7,15-16,34-42,69H,2-4,8-14,17-32,55-56H2,1H3,(H,60,74)(H,61,70)(H,62,72)(H,63,73)(H,64,75)(H,80,81)(H4,57,58,59)/t34?,35-,36-,37-,38-,39-,40-,41-,42-/m0/s1. The summed E-state index contributed by atoms with van der Waals surface area (Å²) in [6, 6.07) is -1.07. The van der Waals surface area contributed by atoms with Gasteiger partial charge < -0.3 is 74.4 Å². The lowest BCUT2D eigenvalue weighted by molar-refractivity contribution is -0.148. The fraction of sp³-hybridized carbons (Fsp3) is 0.667. The fourth-order valence-corrected chi connectivity index (χ4v) is 11.7. The number of hydrogen-bond donors (Lipinski definition) is 11. The highest BCUT2D eigenvalue weighted by Crippen LogP contribution is 2.31. The van der Waals surface area contributed by atoms with E-state index < -0.39 is 132 Å². The van der Waals surface area contributed by atoms with Crippen LogP contribution in [0.15, 0.2) is 35.3 Å². The number of nitrogens with one attached hydrogen (secondary N) is 5. The van der Waals surface area contributed by atoms with Crippen LogP contribution in [-0.2, 0) is 59.2 Å². The molecule has 1 unspecified atom stereocenters. The smallest absolute Gasteiger partial charge is 0.327 e. The molecule has 4 heterocycles. The van der Waals surface area contributed by atoms with E-state index in [0.717, 1.165) is 34.9 Å². The molecule has 0 bridgehead atoms. The number of guanidine groups is 1. The molecule has 10 amide bonds. The molecule has 0 saturated carbocycles. The lowest BCUT2D eigenvalue weighted by atomic mass is 9.99. The van der Waals surface area contributed by atoms with Gasteiger partial charge in [0.05, 0.1) is 19.2 Å². The molecule has 27 nitrogen and oxygen atoms in total. The minimum atomic E-state index is -1.61. The van der Waals surface area contributed by atoms with Crippen LogP contribution in [0.4, 0.5) is 0 Å². The number of nitrogens with two attached hydrogens (primary N) is 4. The zero-order chi connectivity index (χ0) is 59.9. The van der Waals surface area contributed by atoms with Crippen LogP contribution < -0.4 is 49.5 Å². The molecule has 4 aliphatic rings. The molecule has 4 saturated heterocycles. The van der Waals surface area contributed by atoms with E-state index in [4.69, 9.17) is 22.9 Å². The molecule has 28 heteroatoms. The molecule has 15 N–H and O–H groups in total. The minimum Gasteiger partial charge on any atom is -0.480 e. The molecular weight excluding hydrogens is 1080 g/mol. The van der Waals surface area contributed by atoms with Crippen molar-refractivity contribution in [3.05, 3.63) is 35.9 Å². The van der Waals surface area contributed by atoms with E-state index in [1.165, 1.54) is 9.80 Å². The topological polar surface area (TPSA) is 418 Å². The third-order valence-electron chi connectivity index (χ3n) is 15.1. The van der Waals surface area contributed by atoms with E-state index in [1.807, 2.05) is 0 Å². The van der Waals surface area contributed by atoms with Crippen LogP contribution in [-0.4, -0.2) is 200 Å². The van der Waals surface area contributed by atoms with Gasteiger partial charge in [0.2, 0.25) is 59.1 Å². The number of benzene rings is 1. The number of aliphatic carboxylic acids is 1. The summed E-state index contributed by atoms with van der Waals surface area (Å²) in [4.78, 5) is 157. The summed E-state index contributed by atoms with van der Waals surface area (Å²) in [5.74, 6) is -8.82. The maximum absolute atomic E-state index is 14.3. The van der Waals surface area contributed by atoms with Gasteiger partial charge >= 0.3 is 5.97 Å². The van der Waals surface area contributed by atoms with Crippen molar-refractivity contribution >= 4 is 82.9 Å². The van der Waals surface area contributed by atoms with Crippen molar-refractivity contribution < 1.29 is 63.0 Å². The van der Waals surface area contributed by atoms with Crippen LogP contribution >= 0.6 is 11.9 Å². The van der Waals surface area contributed by atoms with Gasteiger partial charge in [0, 0.05) is 50.7 Å². The van der Waals surface area contributed by atoms with Crippen LogP contribution in [0.25, 0.3) is 0 Å². The number of carboxylic acids is 1. The predicted molar refractivity (Wildman–Crippen MR) is 302 cm³/mol. The van der Waals surface area contributed by atoms with Gasteiger partial charge in [-0.3, -0.25) is 52.9 Å². The monoisotopic (exact) mass is 1170 g/mol. The highest BCUT2D eigenvalue weighted by atomic mass is 32.2. The van der Waals surface area contributed by atoms with E-state index in [-0.39, 0.29) is 70.0 Å². The van der Waals surface area contributed by atoms with Gasteiger partial charge in [-0.05, 0) is 94.7 Å². The summed E-state index contributed by atoms with van der Waals surface area (Å²) in [6.07, 6.45) is 8.19. The minimum absolute atomic E-state index is 0.0199. The largest absolute Gasteiger partial charge is 0.480 e. The Morgan fingerprint density at radius 2 is 1.35 bits per heavy atom. The number of carbonyl (C=O) groups excluding carboxylic acids is 10. The van der Waals surface area contributed by atoms with Crippen molar-refractivity contribution in [3.63, 3.8) is 0 Å². The Bertz CT molecular complexity index is 2440. The summed E-state index contributed by atoms with van der Waals surface area (Å²) in [5, 5.41) is 33.3. The number of imide groups is 1. The Hall–Kier alpha value is -6.91. The first-order valence-corrected chi connectivity index (χ1v) is 29.5. The Morgan fingerprint density at radius 1 is 0.720 bits per heavy atom. The van der Waals surface area contributed by atoms with Crippen molar-refractivity contribution in [2.24, 2.45) is 33.8 Å². The predicted octanol–water partition coefficient (Wildman–Crippen LogP) is -2.16. The quantitative estimate of drug-likeness (QED) is 0.0117. The number of aliphatic hydroxyl groups excluding tert-OH is 1. The summed E-state index contributed by atoms with van der Waals surface area (Å²) in [6.45, 7) is 1.55. The van der Waals surface area contributed by atoms with Crippen molar-refractivity contribution in [1.29, 1.82) is 0 Å². The fourth-order valence-electron chi connectivity index (χ4n) is 10.7. The zero-order valence-electron chi connectivity index (χ0n) is 46.8. The Balaban J connectivity index is 1.18. The van der Waals surface area contributed by atoms with Gasteiger partial charge in [-0.1, -0.05) is 69.4 Å². The number of likely N-dealkylation sites (tertiary alicyclic amines) is 3. The molecule has 0 aliphatic carbocycles. The SMILES string of the molecule is CCCCCCC1CC(=O)N(SC[C@H](NC(=O)[C@@H]2CCCN2C(=O)[C@H](CO)NC(=O)[C@H](Cc2ccccc2)NC(=O)CNC(=O)[C@@H]2CCCN2C(=O)[C@@H]2CCCN2C(=O)[C@H](CCCN=C(N)N)NC(=O)[C@@H](N)CCCCN)C(=O)O)C1=O. The summed E-state index contributed by atoms with van der Waals surface area (Å²) < 4.78 is 0.955. The number of unbranched alkanes of at least 4 members (excludes halogenated alkanes) is 4. The Labute approximate surface area is 482 Å². The van der Waals surface area contributed by atoms with Gasteiger partial charge in [0.15, 0.2) is 5.96 Å². The van der Waals surface area contributed by atoms with Gasteiger partial charge in [0.1, 0.15) is 42.3 Å². The van der Waals surface area contributed by atoms with E-state index in [0.29, 0.717) is 81.8 Å². The van der Waals surface area contributed by atoms with Crippen LogP contribution in [0.2, 0.25) is 0 Å². The third-order valence-corrected chi connectivity index (χ3v) is 16.2. The van der Waals surface area contributed by atoms with Crippen LogP contribution in [0.1, 0.15) is 122 Å². The highest BCUT2D eigenvalue weighted by Gasteiger charge is 2.45. The summed E-state index contributed by atoms with van der Waals surface area (Å²) in [5.41, 5.74) is 23.3. The second-order valence-corrected chi connectivity index (χ2v) is 22.2. The van der Waals surface area contributed by atoms with Crippen molar-refractivity contribution in [1.82, 2.24) is 45.6 Å². The van der Waals surface area contributed by atoms with E-state index in [2.05, 4.69) is 38.5 Å². The van der Waals surface area contributed by atoms with Crippen molar-refractivity contribution in [2.45, 2.75) is 171 Å². The van der Waals surface area contributed by atoms with Crippen molar-refractivity contribution in [3.8, 4) is 0 Å². The number of amides is 10. The number of hydrogen-bond acceptors (Lipinski definition) is 16. The third kappa shape index (κ3) is 19.1. The Morgan fingerprint density at radius 3 is 2.00 bits per heavy atom. The van der Waals surface area contributed by atoms with Crippen LogP contribution in [0.5, 0.6) is 0 Å². The molecule has 0 aromatic heterocycles. The first-order valence-electron chi connectivity index (χ1n) is 28.6. The summed E-state index contributed by atoms with van der Waals surface area (Å²) in [7, 11) is 0. The van der Waals surface area contributed by atoms with Crippen LogP contribution in [0, 0.1) is 5.92 Å². The van der Waals surface area contributed by atoms with Gasteiger partial charge in [-0.15, -0.1) is 0 Å². The van der Waals surface area contributed by atoms with Gasteiger partial charge in [-0.2, -0.15) is 0 Å². The second kappa shape index (κ2) is 33.3.